The summed E-state index contributed by atoms with van der Waals surface area (Å²) in [6, 6.07) is 0. The normalized spacial score (nSPS) is 20.6. The lowest BCUT2D eigenvalue weighted by atomic mass is 9.84. The molecule has 1 N–H and O–H groups in total. The van der Waals surface area contributed by atoms with Gasteiger partial charge in [-0.25, -0.2) is 4.98 Å². The van der Waals surface area contributed by atoms with Gasteiger partial charge in [0.1, 0.15) is 0 Å². The molecule has 0 atom stereocenters. The summed E-state index contributed by atoms with van der Waals surface area (Å²) < 4.78 is 0. The van der Waals surface area contributed by atoms with Crippen LogP contribution in [-0.2, 0) is 6.42 Å². The average Bonchev–Trinajstić information content (AvgIpc) is 2.56. The summed E-state index contributed by atoms with van der Waals surface area (Å²) in [5, 5.41) is 1.50. The molecular weight excluding hydrogens is 316 g/mol. The van der Waals surface area contributed by atoms with E-state index in [-0.39, 0.29) is 11.5 Å². The van der Waals surface area contributed by atoms with E-state index < -0.39 is 0 Å². The number of hydrogen-bond donors (Lipinski definition) is 1. The predicted molar refractivity (Wildman–Crippen MR) is 102 cm³/mol. The van der Waals surface area contributed by atoms with Gasteiger partial charge in [0.2, 0.25) is 0 Å². The third kappa shape index (κ3) is 4.65. The van der Waals surface area contributed by atoms with Gasteiger partial charge in [-0.1, -0.05) is 77.0 Å². The molecule has 3 nitrogen and oxygen atoms in total. The van der Waals surface area contributed by atoms with Crippen LogP contribution >= 0.6 is 11.8 Å². The van der Waals surface area contributed by atoms with Gasteiger partial charge in [0.05, 0.1) is 5.69 Å². The maximum atomic E-state index is 12.7. The van der Waals surface area contributed by atoms with Gasteiger partial charge >= 0.3 is 0 Å². The number of nitrogens with zero attached hydrogens (tertiary/aromatic N) is 1. The smallest absolute Gasteiger partial charge is 0.255 e. The number of hydrogen-bond acceptors (Lipinski definition) is 3. The molecule has 1 aromatic heterocycles. The van der Waals surface area contributed by atoms with Crippen molar-refractivity contribution in [1.82, 2.24) is 9.97 Å². The Kier molecular flexibility index (Phi) is 6.43. The largest absolute Gasteiger partial charge is 0.301 e. The highest BCUT2D eigenvalue weighted by atomic mass is 32.2. The third-order valence-corrected chi connectivity index (χ3v) is 6.85. The summed E-state index contributed by atoms with van der Waals surface area (Å²) in [7, 11) is 0. The Hall–Kier alpha value is -0.770. The predicted octanol–water partition coefficient (Wildman–Crippen LogP) is 5.44. The van der Waals surface area contributed by atoms with E-state index in [1.807, 2.05) is 11.8 Å². The molecule has 0 aromatic carbocycles. The standard InChI is InChI=1S/C20H32N2OS/c1-14(2)18-17(13-15-9-5-3-6-10-15)21-20(22-19(18)23)24-16-11-7-4-8-12-16/h14-16H,3-13H2,1-2H3,(H,21,22,23). The first-order valence-electron chi connectivity index (χ1n) is 9.93. The number of aromatic nitrogens is 2. The zero-order valence-electron chi connectivity index (χ0n) is 15.3. The van der Waals surface area contributed by atoms with Gasteiger partial charge in [0.15, 0.2) is 5.16 Å². The van der Waals surface area contributed by atoms with Crippen molar-refractivity contribution in [3.05, 3.63) is 21.6 Å². The lowest BCUT2D eigenvalue weighted by Crippen LogP contribution is -2.23. The molecule has 1 aromatic rings. The number of rotatable bonds is 5. The molecule has 134 valence electrons. The van der Waals surface area contributed by atoms with E-state index >= 15 is 0 Å². The minimum atomic E-state index is 0.101. The third-order valence-electron chi connectivity index (χ3n) is 5.63. The van der Waals surface area contributed by atoms with Crippen LogP contribution in [0.3, 0.4) is 0 Å². The second kappa shape index (κ2) is 8.55. The number of aromatic amines is 1. The van der Waals surface area contributed by atoms with Crippen LogP contribution in [0, 0.1) is 5.92 Å². The molecule has 2 saturated carbocycles. The lowest BCUT2D eigenvalue weighted by molar-refractivity contribution is 0.352. The fraction of sp³-hybridized carbons (Fsp3) is 0.800. The van der Waals surface area contributed by atoms with E-state index in [0.29, 0.717) is 5.25 Å². The molecule has 3 rings (SSSR count). The molecule has 0 unspecified atom stereocenters. The fourth-order valence-electron chi connectivity index (χ4n) is 4.32. The summed E-state index contributed by atoms with van der Waals surface area (Å²) >= 11 is 1.81. The number of nitrogens with one attached hydrogen (secondary N) is 1. The molecule has 0 saturated heterocycles. The van der Waals surface area contributed by atoms with Gasteiger partial charge in [0.25, 0.3) is 5.56 Å². The summed E-state index contributed by atoms with van der Waals surface area (Å²) in [4.78, 5) is 20.7. The second-order valence-electron chi connectivity index (χ2n) is 7.97. The van der Waals surface area contributed by atoms with E-state index in [0.717, 1.165) is 28.8 Å². The van der Waals surface area contributed by atoms with E-state index in [9.17, 15) is 4.79 Å². The SMILES string of the molecule is CC(C)c1c(CC2CCCCC2)nc(SC2CCCCC2)[nH]c1=O. The summed E-state index contributed by atoms with van der Waals surface area (Å²) in [6.07, 6.45) is 14.2. The quantitative estimate of drug-likeness (QED) is 0.721. The molecule has 0 spiro atoms. The summed E-state index contributed by atoms with van der Waals surface area (Å²) in [5.41, 5.74) is 2.11. The monoisotopic (exact) mass is 348 g/mol. The van der Waals surface area contributed by atoms with E-state index in [1.165, 1.54) is 64.2 Å². The highest BCUT2D eigenvalue weighted by Gasteiger charge is 2.22. The second-order valence-corrected chi connectivity index (χ2v) is 9.26. The van der Waals surface area contributed by atoms with Crippen LogP contribution in [0.2, 0.25) is 0 Å². The molecule has 24 heavy (non-hydrogen) atoms. The van der Waals surface area contributed by atoms with Crippen molar-refractivity contribution in [2.45, 2.75) is 101 Å². The Labute approximate surface area is 150 Å². The molecule has 0 radical (unpaired) electrons. The van der Waals surface area contributed by atoms with E-state index in [2.05, 4.69) is 18.8 Å². The molecule has 2 fully saturated rings. The van der Waals surface area contributed by atoms with Crippen LogP contribution in [0.1, 0.15) is 95.2 Å². The van der Waals surface area contributed by atoms with Crippen LogP contribution < -0.4 is 5.56 Å². The Morgan fingerprint density at radius 3 is 2.29 bits per heavy atom. The Morgan fingerprint density at radius 2 is 1.67 bits per heavy atom. The fourth-order valence-corrected chi connectivity index (χ4v) is 5.52. The molecular formula is C20H32N2OS. The van der Waals surface area contributed by atoms with Gasteiger partial charge in [0, 0.05) is 10.8 Å². The highest BCUT2D eigenvalue weighted by molar-refractivity contribution is 7.99. The topological polar surface area (TPSA) is 45.8 Å². The average molecular weight is 349 g/mol. The van der Waals surface area contributed by atoms with Crippen molar-refractivity contribution in [3.63, 3.8) is 0 Å². The van der Waals surface area contributed by atoms with Gasteiger partial charge in [-0.15, -0.1) is 0 Å². The number of thioether (sulfide) groups is 1. The van der Waals surface area contributed by atoms with E-state index in [4.69, 9.17) is 4.98 Å². The summed E-state index contributed by atoms with van der Waals surface area (Å²) in [5.74, 6) is 0.964. The Balaban J connectivity index is 1.81. The van der Waals surface area contributed by atoms with Crippen LogP contribution in [-0.4, -0.2) is 15.2 Å². The van der Waals surface area contributed by atoms with Gasteiger partial charge in [-0.3, -0.25) is 4.79 Å². The molecule has 0 bridgehead atoms. The van der Waals surface area contributed by atoms with Crippen molar-refractivity contribution in [2.75, 3.05) is 0 Å². The van der Waals surface area contributed by atoms with Crippen LogP contribution in [0.5, 0.6) is 0 Å². The molecule has 0 aliphatic heterocycles. The van der Waals surface area contributed by atoms with Crippen LogP contribution in [0.25, 0.3) is 0 Å². The van der Waals surface area contributed by atoms with Gasteiger partial charge in [-0.2, -0.15) is 0 Å². The van der Waals surface area contributed by atoms with Crippen molar-refractivity contribution in [2.24, 2.45) is 5.92 Å². The van der Waals surface area contributed by atoms with Crippen LogP contribution in [0.15, 0.2) is 9.95 Å². The molecule has 2 aliphatic rings. The first-order valence-corrected chi connectivity index (χ1v) is 10.8. The zero-order chi connectivity index (χ0) is 16.9. The highest BCUT2D eigenvalue weighted by Crippen LogP contribution is 2.33. The molecule has 1 heterocycles. The van der Waals surface area contributed by atoms with Crippen molar-refractivity contribution in [1.29, 1.82) is 0 Å². The van der Waals surface area contributed by atoms with Crippen molar-refractivity contribution in [3.8, 4) is 0 Å². The van der Waals surface area contributed by atoms with E-state index in [1.54, 1.807) is 0 Å². The maximum Gasteiger partial charge on any atom is 0.255 e. The van der Waals surface area contributed by atoms with Crippen molar-refractivity contribution >= 4 is 11.8 Å². The molecule has 4 heteroatoms. The first kappa shape index (κ1) is 18.0. The Morgan fingerprint density at radius 1 is 1.04 bits per heavy atom. The molecule has 2 aliphatic carbocycles. The van der Waals surface area contributed by atoms with Crippen molar-refractivity contribution < 1.29 is 0 Å². The minimum Gasteiger partial charge on any atom is -0.301 e. The van der Waals surface area contributed by atoms with Crippen LogP contribution in [0.4, 0.5) is 0 Å². The zero-order valence-corrected chi connectivity index (χ0v) is 16.1. The summed E-state index contributed by atoms with van der Waals surface area (Å²) in [6.45, 7) is 4.23. The number of H-pyrrole nitrogens is 1. The first-order chi connectivity index (χ1) is 11.6. The minimum absolute atomic E-state index is 0.101. The lowest BCUT2D eigenvalue weighted by Gasteiger charge is -2.24. The maximum absolute atomic E-state index is 12.7. The molecule has 0 amide bonds. The van der Waals surface area contributed by atoms with Gasteiger partial charge in [-0.05, 0) is 31.1 Å². The Bertz CT molecular complexity index is 584. The van der Waals surface area contributed by atoms with Gasteiger partial charge < -0.3 is 4.98 Å².